The minimum atomic E-state index is 0.379. The molecule has 1 atom stereocenters. The fourth-order valence-electron chi connectivity index (χ4n) is 6.00. The minimum Gasteiger partial charge on any atom is -0.475 e. The van der Waals surface area contributed by atoms with E-state index >= 15 is 0 Å². The number of likely N-dealkylation sites (N-methyl/N-ethyl adjacent to an activating group) is 1. The third-order valence-electron chi connectivity index (χ3n) is 8.06. The predicted octanol–water partition coefficient (Wildman–Crippen LogP) is 3.55. The van der Waals surface area contributed by atoms with Crippen LogP contribution in [0.5, 0.6) is 5.88 Å². The third-order valence-corrected chi connectivity index (χ3v) is 8.06. The summed E-state index contributed by atoms with van der Waals surface area (Å²) in [5.41, 5.74) is 4.12. The van der Waals surface area contributed by atoms with Crippen molar-refractivity contribution in [1.29, 1.82) is 5.26 Å². The summed E-state index contributed by atoms with van der Waals surface area (Å²) in [6.45, 7) is 7.00. The number of anilines is 2. The number of benzene rings is 2. The average Bonchev–Trinajstić information content (AvgIpc) is 3.35. The van der Waals surface area contributed by atoms with Crippen molar-refractivity contribution >= 4 is 22.3 Å². The second-order valence-electron chi connectivity index (χ2n) is 10.2. The van der Waals surface area contributed by atoms with Crippen LogP contribution in [0.15, 0.2) is 42.5 Å². The normalized spacial score (nSPS) is 20.4. The number of likely N-dealkylation sites (tertiary alicyclic amines) is 1. The Morgan fingerprint density at radius 2 is 1.86 bits per heavy atom. The highest BCUT2D eigenvalue weighted by Gasteiger charge is 2.30. The molecule has 0 spiro atoms. The maximum Gasteiger partial charge on any atom is 0.234 e. The molecule has 3 aliphatic heterocycles. The summed E-state index contributed by atoms with van der Waals surface area (Å²) in [6, 6.07) is 17.9. The van der Waals surface area contributed by atoms with Gasteiger partial charge in [0.2, 0.25) is 5.88 Å². The monoisotopic (exact) mass is 482 g/mol. The molecule has 2 fully saturated rings. The van der Waals surface area contributed by atoms with Gasteiger partial charge in [-0.1, -0.05) is 36.4 Å². The van der Waals surface area contributed by atoms with Crippen molar-refractivity contribution in [3.05, 3.63) is 59.2 Å². The first-order valence-corrected chi connectivity index (χ1v) is 13.2. The van der Waals surface area contributed by atoms with E-state index < -0.39 is 0 Å². The predicted molar refractivity (Wildman–Crippen MR) is 144 cm³/mol. The SMILES string of the molecule is CN1CCC[C@H]1COc1nc(N2CCNCC2)c2c(c1C#N)CN(c1cccc3ccccc13)CC2. The lowest BCUT2D eigenvalue weighted by Crippen LogP contribution is -2.45. The van der Waals surface area contributed by atoms with Crippen LogP contribution < -0.4 is 19.9 Å². The zero-order valence-corrected chi connectivity index (χ0v) is 21.0. The Balaban J connectivity index is 1.39. The molecule has 0 aliphatic carbocycles. The standard InChI is InChI=1S/C29H34N6O/c1-33-14-5-8-22(33)20-36-29-25(18-30)26-19-35(27-10-4-7-21-6-2-3-9-23(21)27)15-11-24(26)28(32-29)34-16-12-31-13-17-34/h2-4,6-7,9-10,22,31H,5,8,11-17,19-20H2,1H3/t22-/m0/s1. The van der Waals surface area contributed by atoms with Crippen LogP contribution in [-0.4, -0.2) is 68.8 Å². The van der Waals surface area contributed by atoms with Gasteiger partial charge in [-0.05, 0) is 44.3 Å². The summed E-state index contributed by atoms with van der Waals surface area (Å²) in [5, 5.41) is 16.3. The van der Waals surface area contributed by atoms with Gasteiger partial charge in [-0.15, -0.1) is 0 Å². The fraction of sp³-hybridized carbons (Fsp3) is 0.448. The molecule has 6 rings (SSSR count). The summed E-state index contributed by atoms with van der Waals surface area (Å²) in [6.07, 6.45) is 3.19. The van der Waals surface area contributed by atoms with Crippen molar-refractivity contribution in [2.75, 3.05) is 62.7 Å². The van der Waals surface area contributed by atoms with Gasteiger partial charge in [0.25, 0.3) is 0 Å². The van der Waals surface area contributed by atoms with E-state index in [9.17, 15) is 5.26 Å². The van der Waals surface area contributed by atoms with Gasteiger partial charge >= 0.3 is 0 Å². The van der Waals surface area contributed by atoms with Gasteiger partial charge in [-0.2, -0.15) is 10.2 Å². The van der Waals surface area contributed by atoms with Crippen molar-refractivity contribution in [2.45, 2.75) is 31.8 Å². The first-order valence-electron chi connectivity index (χ1n) is 13.2. The maximum absolute atomic E-state index is 10.3. The molecule has 0 bridgehead atoms. The molecular weight excluding hydrogens is 448 g/mol. The smallest absolute Gasteiger partial charge is 0.234 e. The van der Waals surface area contributed by atoms with Gasteiger partial charge in [-0.25, -0.2) is 0 Å². The van der Waals surface area contributed by atoms with Crippen LogP contribution in [0, 0.1) is 11.3 Å². The Morgan fingerprint density at radius 3 is 2.67 bits per heavy atom. The van der Waals surface area contributed by atoms with E-state index in [-0.39, 0.29) is 0 Å². The molecule has 7 nitrogen and oxygen atoms in total. The van der Waals surface area contributed by atoms with Crippen LogP contribution >= 0.6 is 0 Å². The number of pyridine rings is 1. The summed E-state index contributed by atoms with van der Waals surface area (Å²) >= 11 is 0. The number of piperazine rings is 1. The highest BCUT2D eigenvalue weighted by molar-refractivity contribution is 5.94. The third kappa shape index (κ3) is 4.25. The molecule has 0 saturated carbocycles. The molecule has 186 valence electrons. The number of nitrogens with zero attached hydrogens (tertiary/aromatic N) is 5. The Labute approximate surface area is 213 Å². The number of nitriles is 1. The molecule has 1 aromatic heterocycles. The first-order chi connectivity index (χ1) is 17.7. The van der Waals surface area contributed by atoms with E-state index in [0.717, 1.165) is 63.5 Å². The van der Waals surface area contributed by atoms with Crippen molar-refractivity contribution in [3.63, 3.8) is 0 Å². The topological polar surface area (TPSA) is 67.7 Å². The number of fused-ring (bicyclic) bond motifs is 2. The van der Waals surface area contributed by atoms with Gasteiger partial charge in [0, 0.05) is 67.5 Å². The number of rotatable bonds is 5. The van der Waals surface area contributed by atoms with Gasteiger partial charge in [-0.3, -0.25) is 0 Å². The van der Waals surface area contributed by atoms with E-state index in [1.54, 1.807) is 0 Å². The number of aromatic nitrogens is 1. The zero-order valence-electron chi connectivity index (χ0n) is 21.0. The summed E-state index contributed by atoms with van der Waals surface area (Å²) in [7, 11) is 2.15. The Kier molecular flexibility index (Phi) is 6.39. The molecule has 4 heterocycles. The van der Waals surface area contributed by atoms with Crippen LogP contribution in [0.2, 0.25) is 0 Å². The lowest BCUT2D eigenvalue weighted by molar-refractivity contribution is 0.193. The summed E-state index contributed by atoms with van der Waals surface area (Å²) in [4.78, 5) is 12.2. The highest BCUT2D eigenvalue weighted by Crippen LogP contribution is 2.38. The van der Waals surface area contributed by atoms with Crippen LogP contribution in [-0.2, 0) is 13.0 Å². The molecule has 2 aromatic carbocycles. The molecule has 3 aliphatic rings. The number of ether oxygens (including phenoxy) is 1. The van der Waals surface area contributed by atoms with E-state index in [0.29, 0.717) is 30.6 Å². The second kappa shape index (κ2) is 9.96. The van der Waals surface area contributed by atoms with Crippen LogP contribution in [0.4, 0.5) is 11.5 Å². The molecule has 0 unspecified atom stereocenters. The van der Waals surface area contributed by atoms with E-state index in [1.165, 1.54) is 28.4 Å². The Bertz CT molecular complexity index is 1290. The number of hydrogen-bond acceptors (Lipinski definition) is 7. The molecule has 2 saturated heterocycles. The van der Waals surface area contributed by atoms with Crippen molar-refractivity contribution in [1.82, 2.24) is 15.2 Å². The number of hydrogen-bond donors (Lipinski definition) is 1. The lowest BCUT2D eigenvalue weighted by atomic mass is 9.94. The molecule has 36 heavy (non-hydrogen) atoms. The minimum absolute atomic E-state index is 0.379. The van der Waals surface area contributed by atoms with Crippen LogP contribution in [0.3, 0.4) is 0 Å². The van der Waals surface area contributed by atoms with E-state index in [1.807, 2.05) is 0 Å². The first kappa shape index (κ1) is 23.1. The van der Waals surface area contributed by atoms with Crippen molar-refractivity contribution in [2.24, 2.45) is 0 Å². The van der Waals surface area contributed by atoms with E-state index in [4.69, 9.17) is 9.72 Å². The quantitative estimate of drug-likeness (QED) is 0.597. The average molecular weight is 483 g/mol. The van der Waals surface area contributed by atoms with Gasteiger partial charge in [0.15, 0.2) is 0 Å². The largest absolute Gasteiger partial charge is 0.475 e. The van der Waals surface area contributed by atoms with Crippen LogP contribution in [0.25, 0.3) is 10.8 Å². The lowest BCUT2D eigenvalue weighted by Gasteiger charge is -2.36. The molecule has 3 aromatic rings. The Morgan fingerprint density at radius 1 is 1.03 bits per heavy atom. The van der Waals surface area contributed by atoms with Gasteiger partial charge < -0.3 is 24.8 Å². The van der Waals surface area contributed by atoms with Gasteiger partial charge in [0.1, 0.15) is 24.1 Å². The van der Waals surface area contributed by atoms with Crippen molar-refractivity contribution < 1.29 is 4.74 Å². The fourth-order valence-corrected chi connectivity index (χ4v) is 6.00. The van der Waals surface area contributed by atoms with Crippen LogP contribution in [0.1, 0.15) is 29.5 Å². The molecule has 0 amide bonds. The van der Waals surface area contributed by atoms with E-state index in [2.05, 4.69) is 75.6 Å². The summed E-state index contributed by atoms with van der Waals surface area (Å²) < 4.78 is 6.36. The molecule has 7 heteroatoms. The second-order valence-corrected chi connectivity index (χ2v) is 10.2. The molecular formula is C29H34N6O. The Hall–Kier alpha value is -3.34. The number of nitrogens with one attached hydrogen (secondary N) is 1. The highest BCUT2D eigenvalue weighted by atomic mass is 16.5. The van der Waals surface area contributed by atoms with Crippen molar-refractivity contribution in [3.8, 4) is 11.9 Å². The zero-order chi connectivity index (χ0) is 24.5. The summed E-state index contributed by atoms with van der Waals surface area (Å²) in [5.74, 6) is 1.52. The molecule has 1 N–H and O–H groups in total. The molecule has 0 radical (unpaired) electrons. The maximum atomic E-state index is 10.3. The van der Waals surface area contributed by atoms with Gasteiger partial charge in [0.05, 0.1) is 0 Å².